The van der Waals surface area contributed by atoms with E-state index in [1.807, 2.05) is 0 Å². The van der Waals surface area contributed by atoms with Crippen molar-refractivity contribution in [1.29, 1.82) is 0 Å². The maximum absolute atomic E-state index is 12.6. The van der Waals surface area contributed by atoms with Gasteiger partial charge in [-0.1, -0.05) is 349 Å². The molecule has 0 radical (unpaired) electrons. The molecule has 0 rings (SSSR count). The third kappa shape index (κ3) is 62.3. The summed E-state index contributed by atoms with van der Waals surface area (Å²) in [7, 11) is 0. The van der Waals surface area contributed by atoms with Crippen molar-refractivity contribution < 1.29 is 15.0 Å². The number of carbonyl (C=O) groups excluding carboxylic acids is 1. The summed E-state index contributed by atoms with van der Waals surface area (Å²) in [6.07, 6.45) is 96.1. The first-order chi connectivity index (χ1) is 37.2. The van der Waals surface area contributed by atoms with Gasteiger partial charge in [-0.05, 0) is 70.6 Å². The molecule has 2 unspecified atom stereocenters. The Hall–Kier alpha value is -2.43. The van der Waals surface area contributed by atoms with Gasteiger partial charge in [0.25, 0.3) is 0 Å². The highest BCUT2D eigenvalue weighted by atomic mass is 16.3. The molecule has 0 saturated heterocycles. The predicted octanol–water partition coefficient (Wildman–Crippen LogP) is 22.7. The molecular formula is C71H129NO3. The lowest BCUT2D eigenvalue weighted by Gasteiger charge is -2.22. The summed E-state index contributed by atoms with van der Waals surface area (Å²) < 4.78 is 0. The first-order valence-corrected chi connectivity index (χ1v) is 33.3. The van der Waals surface area contributed by atoms with Gasteiger partial charge in [0, 0.05) is 6.42 Å². The van der Waals surface area contributed by atoms with Crippen molar-refractivity contribution in [3.8, 4) is 0 Å². The zero-order valence-corrected chi connectivity index (χ0v) is 50.3. The zero-order chi connectivity index (χ0) is 54.1. The smallest absolute Gasteiger partial charge is 0.220 e. The molecule has 0 aliphatic carbocycles. The number of hydrogen-bond acceptors (Lipinski definition) is 3. The van der Waals surface area contributed by atoms with Crippen LogP contribution in [0.15, 0.2) is 85.1 Å². The first kappa shape index (κ1) is 72.6. The van der Waals surface area contributed by atoms with Crippen LogP contribution >= 0.6 is 0 Å². The Morgan fingerprint density at radius 3 is 0.880 bits per heavy atom. The van der Waals surface area contributed by atoms with Crippen LogP contribution in [0.3, 0.4) is 0 Å². The number of unbranched alkanes of at least 4 members (excludes halogenated alkanes) is 40. The maximum atomic E-state index is 12.6. The minimum Gasteiger partial charge on any atom is -0.394 e. The van der Waals surface area contributed by atoms with Crippen molar-refractivity contribution in [1.82, 2.24) is 5.32 Å². The van der Waals surface area contributed by atoms with E-state index < -0.39 is 12.1 Å². The lowest BCUT2D eigenvalue weighted by atomic mass is 10.0. The van der Waals surface area contributed by atoms with E-state index in [0.29, 0.717) is 12.8 Å². The van der Waals surface area contributed by atoms with E-state index in [4.69, 9.17) is 0 Å². The van der Waals surface area contributed by atoms with Gasteiger partial charge in [0.2, 0.25) is 5.91 Å². The number of amides is 1. The molecule has 436 valence electrons. The lowest BCUT2D eigenvalue weighted by molar-refractivity contribution is -0.123. The normalized spacial score (nSPS) is 13.3. The summed E-state index contributed by atoms with van der Waals surface area (Å²) in [5.41, 5.74) is 0. The molecule has 0 aliphatic heterocycles. The quantitative estimate of drug-likeness (QED) is 0.0420. The van der Waals surface area contributed by atoms with Crippen molar-refractivity contribution in [3.63, 3.8) is 0 Å². The van der Waals surface area contributed by atoms with Crippen LogP contribution in [0.25, 0.3) is 0 Å². The molecule has 0 aromatic heterocycles. The van der Waals surface area contributed by atoms with Gasteiger partial charge in [-0.15, -0.1) is 0 Å². The monoisotopic (exact) mass is 1040 g/mol. The van der Waals surface area contributed by atoms with Gasteiger partial charge < -0.3 is 15.5 Å². The zero-order valence-electron chi connectivity index (χ0n) is 50.3. The van der Waals surface area contributed by atoms with Crippen LogP contribution in [0.2, 0.25) is 0 Å². The Kier molecular flexibility index (Phi) is 63.7. The van der Waals surface area contributed by atoms with Gasteiger partial charge in [-0.3, -0.25) is 4.79 Å². The standard InChI is InChI=1S/C71H129NO3/c1-3-5-7-9-11-13-15-17-19-21-23-25-27-29-31-32-33-34-35-36-37-38-39-40-41-43-45-47-49-51-53-55-57-59-61-63-65-67-71(75)72-69(68-73)70(74)66-64-62-60-58-56-54-52-50-48-46-44-42-30-28-26-24-22-20-18-16-14-12-10-8-6-4-2/h5,7,11,13,17,19,23,25,29,31,33-34,36-37,69-70,73-74H,3-4,6,8-10,12,14-16,18,20-22,24,26-28,30,32,35,38-68H2,1-2H3,(H,72,75)/b7-5-,13-11-,19-17-,25-23-,31-29-,34-33-,37-36-. The fourth-order valence-corrected chi connectivity index (χ4v) is 10.2. The first-order valence-electron chi connectivity index (χ1n) is 33.3. The molecule has 0 aromatic carbocycles. The van der Waals surface area contributed by atoms with E-state index >= 15 is 0 Å². The van der Waals surface area contributed by atoms with E-state index in [1.54, 1.807) is 0 Å². The second-order valence-corrected chi connectivity index (χ2v) is 22.5. The van der Waals surface area contributed by atoms with Crippen LogP contribution in [-0.2, 0) is 4.79 Å². The van der Waals surface area contributed by atoms with Crippen LogP contribution in [0, 0.1) is 0 Å². The Bertz CT molecular complexity index is 1320. The topological polar surface area (TPSA) is 69.6 Å². The summed E-state index contributed by atoms with van der Waals surface area (Å²) in [4.78, 5) is 12.6. The fraction of sp³-hybridized carbons (Fsp3) is 0.789. The Balaban J connectivity index is 3.46. The van der Waals surface area contributed by atoms with Gasteiger partial charge in [0.15, 0.2) is 0 Å². The highest BCUT2D eigenvalue weighted by Crippen LogP contribution is 2.18. The van der Waals surface area contributed by atoms with Crippen LogP contribution in [0.5, 0.6) is 0 Å². The van der Waals surface area contributed by atoms with Crippen molar-refractivity contribution in [2.45, 2.75) is 353 Å². The second-order valence-electron chi connectivity index (χ2n) is 22.5. The van der Waals surface area contributed by atoms with E-state index in [2.05, 4.69) is 104 Å². The van der Waals surface area contributed by atoms with Crippen molar-refractivity contribution in [3.05, 3.63) is 85.1 Å². The van der Waals surface area contributed by atoms with Gasteiger partial charge >= 0.3 is 0 Å². The minimum absolute atomic E-state index is 0.0290. The fourth-order valence-electron chi connectivity index (χ4n) is 10.2. The van der Waals surface area contributed by atoms with Crippen LogP contribution < -0.4 is 5.32 Å². The highest BCUT2D eigenvalue weighted by molar-refractivity contribution is 5.76. The number of aliphatic hydroxyl groups excluding tert-OH is 2. The maximum Gasteiger partial charge on any atom is 0.220 e. The third-order valence-corrected chi connectivity index (χ3v) is 15.2. The molecule has 0 aliphatic rings. The van der Waals surface area contributed by atoms with Crippen molar-refractivity contribution >= 4 is 5.91 Å². The highest BCUT2D eigenvalue weighted by Gasteiger charge is 2.20. The SMILES string of the molecule is CC/C=C\C/C=C\C/C=C\C/C=C\C/C=C\C/C=C\C/C=C\CCCCCCCCCCCCCCCCCC(=O)NC(CO)C(O)CCCCCCCCCCCCCCCCCCCCCCCCCCCC. The summed E-state index contributed by atoms with van der Waals surface area (Å²) in [5.74, 6) is -0.0290. The average molecular weight is 1040 g/mol. The average Bonchev–Trinajstić information content (AvgIpc) is 3.41. The number of rotatable bonds is 61. The van der Waals surface area contributed by atoms with Crippen molar-refractivity contribution in [2.24, 2.45) is 0 Å². The summed E-state index contributed by atoms with van der Waals surface area (Å²) in [6, 6.07) is -0.541. The predicted molar refractivity (Wildman–Crippen MR) is 336 cm³/mol. The number of nitrogens with one attached hydrogen (secondary N) is 1. The summed E-state index contributed by atoms with van der Waals surface area (Å²) >= 11 is 0. The molecule has 2 atom stereocenters. The number of allylic oxidation sites excluding steroid dienone is 14. The molecule has 0 fully saturated rings. The molecule has 3 N–H and O–H groups in total. The van der Waals surface area contributed by atoms with Gasteiger partial charge in [-0.25, -0.2) is 0 Å². The molecule has 0 spiro atoms. The van der Waals surface area contributed by atoms with E-state index in [1.165, 1.54) is 244 Å². The minimum atomic E-state index is -0.664. The summed E-state index contributed by atoms with van der Waals surface area (Å²) in [6.45, 7) is 4.27. The molecule has 4 heteroatoms. The molecular weight excluding hydrogens is 915 g/mol. The van der Waals surface area contributed by atoms with Gasteiger partial charge in [-0.2, -0.15) is 0 Å². The van der Waals surface area contributed by atoms with Crippen LogP contribution in [0.1, 0.15) is 341 Å². The van der Waals surface area contributed by atoms with E-state index in [0.717, 1.165) is 70.6 Å². The Morgan fingerprint density at radius 1 is 0.333 bits per heavy atom. The molecule has 0 heterocycles. The molecule has 0 saturated carbocycles. The van der Waals surface area contributed by atoms with E-state index in [-0.39, 0.29) is 12.5 Å². The molecule has 0 bridgehead atoms. The lowest BCUT2D eigenvalue weighted by Crippen LogP contribution is -2.45. The van der Waals surface area contributed by atoms with E-state index in [9.17, 15) is 15.0 Å². The van der Waals surface area contributed by atoms with Gasteiger partial charge in [0.05, 0.1) is 18.8 Å². The van der Waals surface area contributed by atoms with Crippen LogP contribution in [0.4, 0.5) is 0 Å². The number of carbonyl (C=O) groups is 1. The molecule has 1 amide bonds. The third-order valence-electron chi connectivity index (χ3n) is 15.2. The largest absolute Gasteiger partial charge is 0.394 e. The van der Waals surface area contributed by atoms with Gasteiger partial charge in [0.1, 0.15) is 0 Å². The molecule has 0 aromatic rings. The second kappa shape index (κ2) is 65.9. The number of hydrogen-bond donors (Lipinski definition) is 3. The Labute approximate surface area is 469 Å². The number of aliphatic hydroxyl groups is 2. The van der Waals surface area contributed by atoms with Crippen LogP contribution in [-0.4, -0.2) is 34.9 Å². The summed E-state index contributed by atoms with van der Waals surface area (Å²) in [5, 5.41) is 23.4. The molecule has 75 heavy (non-hydrogen) atoms. The molecule has 4 nitrogen and oxygen atoms in total. The Morgan fingerprint density at radius 2 is 0.587 bits per heavy atom. The van der Waals surface area contributed by atoms with Crippen molar-refractivity contribution in [2.75, 3.05) is 6.61 Å².